The predicted molar refractivity (Wildman–Crippen MR) is 438 cm³/mol. The van der Waals surface area contributed by atoms with Gasteiger partial charge < -0.3 is 18.0 Å². The second-order valence-electron chi connectivity index (χ2n) is 27.1. The average molecular weight is 1350 g/mol. The monoisotopic (exact) mass is 1350 g/mol. The van der Waals surface area contributed by atoms with Crippen molar-refractivity contribution >= 4 is 120 Å². The van der Waals surface area contributed by atoms with E-state index in [1.165, 1.54) is 76.3 Å². The Labute approximate surface area is 608 Å². The summed E-state index contributed by atoms with van der Waals surface area (Å²) < 4.78 is 18.2. The molecule has 0 spiro atoms. The van der Waals surface area contributed by atoms with Crippen LogP contribution in [0.3, 0.4) is 0 Å². The number of furan rings is 2. The van der Waals surface area contributed by atoms with Gasteiger partial charge in [0.25, 0.3) is 0 Å². The third kappa shape index (κ3) is 10.1. The summed E-state index contributed by atoms with van der Waals surface area (Å²) in [7, 11) is 0. The van der Waals surface area contributed by atoms with E-state index in [1.54, 1.807) is 0 Å². The normalized spacial score (nSPS) is 11.8. The van der Waals surface area contributed by atoms with Crippen LogP contribution in [0.15, 0.2) is 373 Å². The highest BCUT2D eigenvalue weighted by molar-refractivity contribution is 6.17. The lowest BCUT2D eigenvalue weighted by molar-refractivity contribution is 0.667. The van der Waals surface area contributed by atoms with Crippen molar-refractivity contribution in [2.75, 3.05) is 0 Å². The molecule has 0 aliphatic carbocycles. The van der Waals surface area contributed by atoms with E-state index in [9.17, 15) is 0 Å². The Balaban J connectivity index is 0.000000136. The lowest BCUT2D eigenvalue weighted by Crippen LogP contribution is -1.95. The van der Waals surface area contributed by atoms with Crippen molar-refractivity contribution < 1.29 is 8.83 Å². The lowest BCUT2D eigenvalue weighted by atomic mass is 9.98. The summed E-state index contributed by atoms with van der Waals surface area (Å²) in [5, 5.41) is 14.1. The highest BCUT2D eigenvalue weighted by Gasteiger charge is 2.25. The fourth-order valence-electron chi connectivity index (χ4n) is 16.0. The first-order valence-electron chi connectivity index (χ1n) is 35.8. The standard InChI is InChI=1S/C50H31N3O.C48H29N3O/c1-3-12-32(13-4-1)35-22-23-37-31-38(25-24-36(37)30-35)47-49-48(52-50(51-47)34-14-5-2-6-15-34)46-40(18-11-21-45(46)54-49)33-26-28-39(29-27-33)53-43-19-9-7-16-41(43)42-17-8-10-20-44(42)53;1-2-13-31(14-3-1)48-49-45(34-26-27-37-33(28-34)25-24-30-12-4-5-17-36(30)37)47-46(50-48)44-38(20-11-23-43(44)52-47)32-15-10-16-35(29-32)51-41-21-8-6-18-39(41)40-19-7-9-22-42(40)51/h1-31H;1-29H. The fraction of sp³-hybridized carbons (Fsp3) is 0. The maximum absolute atomic E-state index is 6.76. The molecule has 0 aliphatic rings. The largest absolute Gasteiger partial charge is 0.452 e. The molecule has 494 valence electrons. The van der Waals surface area contributed by atoms with E-state index in [1.807, 2.05) is 54.6 Å². The molecule has 0 amide bonds. The van der Waals surface area contributed by atoms with E-state index in [-0.39, 0.29) is 0 Å². The summed E-state index contributed by atoms with van der Waals surface area (Å²) in [5.41, 5.74) is 23.6. The van der Waals surface area contributed by atoms with Gasteiger partial charge in [0.05, 0.1) is 32.8 Å². The first-order valence-corrected chi connectivity index (χ1v) is 35.8. The van der Waals surface area contributed by atoms with Crippen molar-refractivity contribution in [3.8, 4) is 90.0 Å². The molecule has 0 radical (unpaired) electrons. The first-order chi connectivity index (χ1) is 52.5. The van der Waals surface area contributed by atoms with Gasteiger partial charge in [-0.3, -0.25) is 0 Å². The Kier molecular flexibility index (Phi) is 14.1. The van der Waals surface area contributed by atoms with E-state index < -0.39 is 0 Å². The van der Waals surface area contributed by atoms with Gasteiger partial charge in [0.2, 0.25) is 0 Å². The Bertz CT molecular complexity index is 7150. The van der Waals surface area contributed by atoms with Crippen LogP contribution in [0.25, 0.3) is 210 Å². The lowest BCUT2D eigenvalue weighted by Gasteiger charge is -2.11. The number of benzene rings is 16. The fourth-order valence-corrected chi connectivity index (χ4v) is 16.0. The molecule has 0 bridgehead atoms. The summed E-state index contributed by atoms with van der Waals surface area (Å²) in [6, 6.07) is 128. The number of hydrogen-bond acceptors (Lipinski definition) is 6. The van der Waals surface area contributed by atoms with E-state index in [0.717, 1.165) is 111 Å². The molecule has 106 heavy (non-hydrogen) atoms. The van der Waals surface area contributed by atoms with Crippen molar-refractivity contribution in [3.05, 3.63) is 364 Å². The molecule has 0 saturated heterocycles. The molecule has 0 N–H and O–H groups in total. The van der Waals surface area contributed by atoms with E-state index in [2.05, 4.69) is 319 Å². The molecule has 6 aromatic heterocycles. The third-order valence-electron chi connectivity index (χ3n) is 21.0. The molecule has 22 rings (SSSR count). The van der Waals surface area contributed by atoms with Gasteiger partial charge in [-0.05, 0) is 145 Å². The predicted octanol–water partition coefficient (Wildman–Crippen LogP) is 26.1. The van der Waals surface area contributed by atoms with Gasteiger partial charge in [-0.1, -0.05) is 285 Å². The summed E-state index contributed by atoms with van der Waals surface area (Å²) in [4.78, 5) is 20.9. The first kappa shape index (κ1) is 60.4. The van der Waals surface area contributed by atoms with E-state index >= 15 is 0 Å². The molecular formula is C98H60N6O2. The van der Waals surface area contributed by atoms with Crippen LogP contribution in [0.1, 0.15) is 0 Å². The molecule has 6 heterocycles. The zero-order chi connectivity index (χ0) is 69.8. The van der Waals surface area contributed by atoms with Crippen LogP contribution in [0.2, 0.25) is 0 Å². The molecule has 8 nitrogen and oxygen atoms in total. The van der Waals surface area contributed by atoms with Gasteiger partial charge in [0.15, 0.2) is 22.8 Å². The molecule has 0 aliphatic heterocycles. The second-order valence-corrected chi connectivity index (χ2v) is 27.1. The van der Waals surface area contributed by atoms with Crippen molar-refractivity contribution in [1.82, 2.24) is 29.1 Å². The smallest absolute Gasteiger partial charge is 0.180 e. The van der Waals surface area contributed by atoms with Crippen molar-refractivity contribution in [2.45, 2.75) is 0 Å². The second kappa shape index (κ2) is 24.7. The number of rotatable bonds is 9. The minimum Gasteiger partial charge on any atom is -0.452 e. The number of nitrogens with zero attached hydrogens (tertiary/aromatic N) is 6. The molecule has 0 unspecified atom stereocenters. The van der Waals surface area contributed by atoms with Gasteiger partial charge in [0, 0.05) is 55.2 Å². The summed E-state index contributed by atoms with van der Waals surface area (Å²) in [6.07, 6.45) is 0. The average Bonchev–Trinajstić information content (AvgIpc) is 1.55. The minimum atomic E-state index is 0.664. The molecule has 8 heteroatoms. The molecular weight excluding hydrogens is 1290 g/mol. The Hall–Kier alpha value is -14.3. The van der Waals surface area contributed by atoms with Crippen LogP contribution in [0.5, 0.6) is 0 Å². The molecule has 0 atom stereocenters. The van der Waals surface area contributed by atoms with E-state index in [0.29, 0.717) is 22.8 Å². The van der Waals surface area contributed by atoms with Gasteiger partial charge in [-0.2, -0.15) is 0 Å². The Morgan fingerprint density at radius 1 is 0.217 bits per heavy atom. The van der Waals surface area contributed by atoms with Gasteiger partial charge in [-0.15, -0.1) is 0 Å². The topological polar surface area (TPSA) is 87.7 Å². The third-order valence-corrected chi connectivity index (χ3v) is 21.0. The number of aromatic nitrogens is 6. The van der Waals surface area contributed by atoms with Crippen LogP contribution >= 0.6 is 0 Å². The van der Waals surface area contributed by atoms with Crippen LogP contribution in [-0.4, -0.2) is 29.1 Å². The van der Waals surface area contributed by atoms with Gasteiger partial charge in [-0.25, -0.2) is 19.9 Å². The van der Waals surface area contributed by atoms with Crippen LogP contribution in [-0.2, 0) is 0 Å². The SMILES string of the molecule is c1ccc(-c2ccc3cc(-c4nc(-c5ccccc5)nc5c4oc4cccc(-c6ccc(-n7c8ccccc8c8ccccc87)cc6)c45)ccc3c2)cc1.c1ccc(-c2nc(-c3ccc4c(ccc5ccccc54)c3)c3oc4cccc(-c5cccc(-n6c7ccccc7c7ccccc76)c5)c4c3n2)cc1. The number of hydrogen-bond donors (Lipinski definition) is 0. The number of fused-ring (bicyclic) bond motifs is 16. The molecule has 22 aromatic rings. The van der Waals surface area contributed by atoms with Crippen molar-refractivity contribution in [3.63, 3.8) is 0 Å². The molecule has 0 saturated carbocycles. The summed E-state index contributed by atoms with van der Waals surface area (Å²) >= 11 is 0. The molecule has 0 fully saturated rings. The zero-order valence-corrected chi connectivity index (χ0v) is 57.1. The number of para-hydroxylation sites is 4. The van der Waals surface area contributed by atoms with Gasteiger partial charge >= 0.3 is 0 Å². The minimum absolute atomic E-state index is 0.664. The zero-order valence-electron chi connectivity index (χ0n) is 57.1. The highest BCUT2D eigenvalue weighted by Crippen LogP contribution is 2.45. The highest BCUT2D eigenvalue weighted by atomic mass is 16.3. The van der Waals surface area contributed by atoms with Crippen molar-refractivity contribution in [2.24, 2.45) is 0 Å². The van der Waals surface area contributed by atoms with Crippen LogP contribution in [0, 0.1) is 0 Å². The van der Waals surface area contributed by atoms with Crippen LogP contribution < -0.4 is 0 Å². The van der Waals surface area contributed by atoms with Crippen LogP contribution in [0.4, 0.5) is 0 Å². The van der Waals surface area contributed by atoms with Gasteiger partial charge in [0.1, 0.15) is 33.6 Å². The maximum Gasteiger partial charge on any atom is 0.180 e. The molecule has 16 aromatic carbocycles. The maximum atomic E-state index is 6.76. The van der Waals surface area contributed by atoms with E-state index in [4.69, 9.17) is 28.8 Å². The summed E-state index contributed by atoms with van der Waals surface area (Å²) in [5.74, 6) is 1.33. The quantitative estimate of drug-likeness (QED) is 0.134. The summed E-state index contributed by atoms with van der Waals surface area (Å²) in [6.45, 7) is 0. The van der Waals surface area contributed by atoms with Crippen molar-refractivity contribution in [1.29, 1.82) is 0 Å². The Morgan fingerprint density at radius 2 is 0.604 bits per heavy atom. The Morgan fingerprint density at radius 3 is 1.15 bits per heavy atom.